The molecular weight excluding hydrogens is 256 g/mol. The molecule has 0 saturated carbocycles. The molecule has 1 amide bonds. The van der Waals surface area contributed by atoms with Gasteiger partial charge in [0.2, 0.25) is 5.91 Å². The molecule has 4 N–H and O–H groups in total. The number of benzene rings is 2. The Morgan fingerprint density at radius 2 is 1.85 bits per heavy atom. The summed E-state index contributed by atoms with van der Waals surface area (Å²) < 4.78 is 0. The van der Waals surface area contributed by atoms with E-state index < -0.39 is 17.9 Å². The number of carboxylic acids is 1. The number of nitrogens with one attached hydrogen (secondary N) is 1. The van der Waals surface area contributed by atoms with Crippen LogP contribution in [0.3, 0.4) is 0 Å². The van der Waals surface area contributed by atoms with E-state index in [-0.39, 0.29) is 13.0 Å². The third-order valence-corrected chi connectivity index (χ3v) is 3.07. The van der Waals surface area contributed by atoms with Gasteiger partial charge in [-0.25, -0.2) is 4.79 Å². The van der Waals surface area contributed by atoms with E-state index in [1.165, 1.54) is 0 Å². The van der Waals surface area contributed by atoms with Crippen LogP contribution >= 0.6 is 0 Å². The van der Waals surface area contributed by atoms with Crippen molar-refractivity contribution < 1.29 is 14.7 Å². The fourth-order valence-corrected chi connectivity index (χ4v) is 2.05. The number of nitrogens with two attached hydrogens (primary N) is 1. The summed E-state index contributed by atoms with van der Waals surface area (Å²) in [5, 5.41) is 13.7. The standard InChI is InChI=1S/C15H16N2O3/c16-9-14(18)17-13(15(19)20)8-10-5-6-11-3-1-2-4-12(11)7-10/h1-7,13H,8-9,16H2,(H,17,18)(H,19,20)/t13-/m0/s1. The molecule has 5 nitrogen and oxygen atoms in total. The number of hydrogen-bond acceptors (Lipinski definition) is 3. The van der Waals surface area contributed by atoms with Crippen LogP contribution in [0.4, 0.5) is 0 Å². The van der Waals surface area contributed by atoms with Gasteiger partial charge in [0.05, 0.1) is 6.54 Å². The van der Waals surface area contributed by atoms with Gasteiger partial charge in [-0.15, -0.1) is 0 Å². The summed E-state index contributed by atoms with van der Waals surface area (Å²) in [5.41, 5.74) is 6.04. The lowest BCUT2D eigenvalue weighted by atomic mass is 10.0. The summed E-state index contributed by atoms with van der Waals surface area (Å²) in [4.78, 5) is 22.4. The molecule has 0 spiro atoms. The molecule has 0 heterocycles. The normalized spacial score (nSPS) is 12.1. The van der Waals surface area contributed by atoms with E-state index in [2.05, 4.69) is 5.32 Å². The lowest BCUT2D eigenvalue weighted by Crippen LogP contribution is -2.44. The Bertz CT molecular complexity index is 640. The Balaban J connectivity index is 2.19. The number of aliphatic carboxylic acids is 1. The highest BCUT2D eigenvalue weighted by atomic mass is 16.4. The van der Waals surface area contributed by atoms with Crippen LogP contribution in [0.15, 0.2) is 42.5 Å². The molecule has 0 saturated heterocycles. The average molecular weight is 272 g/mol. The molecule has 2 aromatic rings. The molecule has 0 aromatic heterocycles. The molecule has 2 aromatic carbocycles. The van der Waals surface area contributed by atoms with Gasteiger partial charge in [0.25, 0.3) is 0 Å². The van der Waals surface area contributed by atoms with Gasteiger partial charge in [-0.1, -0.05) is 42.5 Å². The second kappa shape index (κ2) is 6.16. The van der Waals surface area contributed by atoms with Crippen molar-refractivity contribution in [1.29, 1.82) is 0 Å². The highest BCUT2D eigenvalue weighted by molar-refractivity contribution is 5.85. The van der Waals surface area contributed by atoms with Crippen molar-refractivity contribution in [2.45, 2.75) is 12.5 Å². The summed E-state index contributed by atoms with van der Waals surface area (Å²) >= 11 is 0. The van der Waals surface area contributed by atoms with Crippen molar-refractivity contribution in [2.75, 3.05) is 6.54 Å². The molecule has 0 unspecified atom stereocenters. The smallest absolute Gasteiger partial charge is 0.326 e. The van der Waals surface area contributed by atoms with Gasteiger partial charge in [-0.2, -0.15) is 0 Å². The predicted molar refractivity (Wildman–Crippen MR) is 76.3 cm³/mol. The SMILES string of the molecule is NCC(=O)N[C@@H](Cc1ccc2ccccc2c1)C(=O)O. The zero-order chi connectivity index (χ0) is 14.5. The number of hydrogen-bond donors (Lipinski definition) is 3. The van der Waals surface area contributed by atoms with E-state index in [9.17, 15) is 9.59 Å². The van der Waals surface area contributed by atoms with E-state index in [1.54, 1.807) is 0 Å². The third kappa shape index (κ3) is 3.33. The van der Waals surface area contributed by atoms with Gasteiger partial charge in [0.15, 0.2) is 0 Å². The number of carboxylic acid groups (broad SMARTS) is 1. The van der Waals surface area contributed by atoms with Gasteiger partial charge in [0, 0.05) is 6.42 Å². The van der Waals surface area contributed by atoms with Crippen molar-refractivity contribution in [3.8, 4) is 0 Å². The van der Waals surface area contributed by atoms with E-state index in [0.717, 1.165) is 16.3 Å². The van der Waals surface area contributed by atoms with Crippen LogP contribution in [-0.4, -0.2) is 29.6 Å². The van der Waals surface area contributed by atoms with Crippen LogP contribution in [0.2, 0.25) is 0 Å². The van der Waals surface area contributed by atoms with Crippen molar-refractivity contribution in [3.63, 3.8) is 0 Å². The van der Waals surface area contributed by atoms with Gasteiger partial charge in [0.1, 0.15) is 6.04 Å². The van der Waals surface area contributed by atoms with Gasteiger partial charge in [-0.05, 0) is 16.3 Å². The quantitative estimate of drug-likeness (QED) is 0.754. The molecular formula is C15H16N2O3. The van der Waals surface area contributed by atoms with E-state index in [0.29, 0.717) is 0 Å². The summed E-state index contributed by atoms with van der Waals surface area (Å²) in [6.07, 6.45) is 0.228. The van der Waals surface area contributed by atoms with Crippen molar-refractivity contribution in [3.05, 3.63) is 48.0 Å². The molecule has 104 valence electrons. The zero-order valence-corrected chi connectivity index (χ0v) is 10.9. The first-order chi connectivity index (χ1) is 9.60. The molecule has 20 heavy (non-hydrogen) atoms. The van der Waals surface area contributed by atoms with Gasteiger partial charge >= 0.3 is 5.97 Å². The molecule has 0 aliphatic heterocycles. The molecule has 5 heteroatoms. The number of fused-ring (bicyclic) bond motifs is 1. The second-order valence-corrected chi connectivity index (χ2v) is 4.55. The predicted octanol–water partition coefficient (Wildman–Crippen LogP) is 0.910. The molecule has 0 radical (unpaired) electrons. The number of rotatable bonds is 5. The van der Waals surface area contributed by atoms with E-state index in [1.807, 2.05) is 42.5 Å². The van der Waals surface area contributed by atoms with E-state index >= 15 is 0 Å². The Labute approximate surface area is 116 Å². The first kappa shape index (κ1) is 14.0. The third-order valence-electron chi connectivity index (χ3n) is 3.07. The maximum absolute atomic E-state index is 11.2. The molecule has 0 bridgehead atoms. The second-order valence-electron chi connectivity index (χ2n) is 4.55. The van der Waals surface area contributed by atoms with Crippen LogP contribution in [0.1, 0.15) is 5.56 Å². The van der Waals surface area contributed by atoms with Crippen LogP contribution < -0.4 is 11.1 Å². The Morgan fingerprint density at radius 3 is 2.50 bits per heavy atom. The van der Waals surface area contributed by atoms with E-state index in [4.69, 9.17) is 10.8 Å². The monoisotopic (exact) mass is 272 g/mol. The largest absolute Gasteiger partial charge is 0.480 e. The summed E-state index contributed by atoms with van der Waals surface area (Å²) in [7, 11) is 0. The fraction of sp³-hybridized carbons (Fsp3) is 0.200. The number of carbonyl (C=O) groups excluding carboxylic acids is 1. The Morgan fingerprint density at radius 1 is 1.15 bits per heavy atom. The maximum Gasteiger partial charge on any atom is 0.326 e. The van der Waals surface area contributed by atoms with Crippen LogP contribution in [0.25, 0.3) is 10.8 Å². The number of carbonyl (C=O) groups is 2. The molecule has 2 rings (SSSR count). The summed E-state index contributed by atoms with van der Waals surface area (Å²) in [6.45, 7) is -0.221. The van der Waals surface area contributed by atoms with Crippen LogP contribution in [0.5, 0.6) is 0 Å². The molecule has 0 fully saturated rings. The molecule has 0 aliphatic carbocycles. The van der Waals surface area contributed by atoms with Crippen molar-refractivity contribution in [1.82, 2.24) is 5.32 Å². The minimum atomic E-state index is -1.07. The van der Waals surface area contributed by atoms with Crippen molar-refractivity contribution >= 4 is 22.6 Å². The molecule has 1 atom stereocenters. The molecule has 0 aliphatic rings. The van der Waals surface area contributed by atoms with Crippen LogP contribution in [0, 0.1) is 0 Å². The lowest BCUT2D eigenvalue weighted by molar-refractivity contribution is -0.141. The minimum Gasteiger partial charge on any atom is -0.480 e. The first-order valence-corrected chi connectivity index (χ1v) is 6.30. The summed E-state index contributed by atoms with van der Waals surface area (Å²) in [5.74, 6) is -1.54. The Kier molecular flexibility index (Phi) is 4.32. The average Bonchev–Trinajstić information content (AvgIpc) is 2.46. The summed E-state index contributed by atoms with van der Waals surface area (Å²) in [6, 6.07) is 12.6. The lowest BCUT2D eigenvalue weighted by Gasteiger charge is -2.14. The van der Waals surface area contributed by atoms with Gasteiger partial charge < -0.3 is 16.2 Å². The fourth-order valence-electron chi connectivity index (χ4n) is 2.05. The zero-order valence-electron chi connectivity index (χ0n) is 10.9. The van der Waals surface area contributed by atoms with Crippen LogP contribution in [-0.2, 0) is 16.0 Å². The number of amides is 1. The highest BCUT2D eigenvalue weighted by Gasteiger charge is 2.19. The van der Waals surface area contributed by atoms with Gasteiger partial charge in [-0.3, -0.25) is 4.79 Å². The minimum absolute atomic E-state index is 0.221. The Hall–Kier alpha value is -2.40. The topological polar surface area (TPSA) is 92.4 Å². The maximum atomic E-state index is 11.2. The first-order valence-electron chi connectivity index (χ1n) is 6.30. The highest BCUT2D eigenvalue weighted by Crippen LogP contribution is 2.16. The van der Waals surface area contributed by atoms with Crippen molar-refractivity contribution in [2.24, 2.45) is 5.73 Å².